The Morgan fingerprint density at radius 2 is 1.52 bits per heavy atom. The van der Waals surface area contributed by atoms with Gasteiger partial charge in [0.2, 0.25) is 0 Å². The Balaban J connectivity index is 2.25. The monoisotopic (exact) mass is 471 g/mol. The van der Waals surface area contributed by atoms with Gasteiger partial charge in [0.05, 0.1) is 13.7 Å². The van der Waals surface area contributed by atoms with Crippen molar-refractivity contribution in [3.05, 3.63) is 0 Å². The quantitative estimate of drug-likeness (QED) is 0.377. The third-order valence-electron chi connectivity index (χ3n) is 5.16. The minimum absolute atomic E-state index is 0.00719. The normalized spacial score (nSPS) is 18.1. The molecule has 33 heavy (non-hydrogen) atoms. The van der Waals surface area contributed by atoms with Crippen LogP contribution >= 0.6 is 0 Å². The zero-order valence-corrected chi connectivity index (χ0v) is 20.7. The Labute approximate surface area is 195 Å². The number of carbonyl (C=O) groups is 4. The second-order valence-corrected chi connectivity index (χ2v) is 10.5. The molecular weight excluding hydrogens is 434 g/mol. The van der Waals surface area contributed by atoms with Gasteiger partial charge in [0, 0.05) is 25.9 Å². The van der Waals surface area contributed by atoms with E-state index in [1.807, 2.05) is 0 Å². The summed E-state index contributed by atoms with van der Waals surface area (Å²) in [6, 6.07) is 0. The first kappa shape index (κ1) is 26.5. The number of amides is 3. The first-order valence-electron chi connectivity index (χ1n) is 11.2. The van der Waals surface area contributed by atoms with E-state index in [0.29, 0.717) is 12.5 Å². The number of hydrogen-bond acceptors (Lipinski definition) is 8. The van der Waals surface area contributed by atoms with Gasteiger partial charge in [-0.15, -0.1) is 0 Å². The number of esters is 1. The van der Waals surface area contributed by atoms with E-state index in [-0.39, 0.29) is 25.9 Å². The zero-order chi connectivity index (χ0) is 25.0. The summed E-state index contributed by atoms with van der Waals surface area (Å²) in [5.74, 6) is -0.316. The molecule has 11 nitrogen and oxygen atoms in total. The molecule has 2 aliphatic rings. The van der Waals surface area contributed by atoms with Crippen molar-refractivity contribution in [1.29, 1.82) is 0 Å². The maximum atomic E-state index is 13.1. The third-order valence-corrected chi connectivity index (χ3v) is 5.16. The van der Waals surface area contributed by atoms with Gasteiger partial charge in [-0.25, -0.2) is 24.6 Å². The number of carbonyl (C=O) groups excluding carboxylic acids is 4. The largest absolute Gasteiger partial charge is 0.467 e. The number of nitrogens with one attached hydrogen (secondary N) is 1. The summed E-state index contributed by atoms with van der Waals surface area (Å²) < 4.78 is 21.1. The van der Waals surface area contributed by atoms with E-state index in [9.17, 15) is 19.2 Å². The van der Waals surface area contributed by atoms with Gasteiger partial charge in [-0.2, -0.15) is 5.01 Å². The summed E-state index contributed by atoms with van der Waals surface area (Å²) in [7, 11) is 1.20. The molecular formula is C22H37N3O8. The highest BCUT2D eigenvalue weighted by atomic mass is 16.6. The molecule has 0 radical (unpaired) electrons. The SMILES string of the molecule is COC(=O)C1(N(NC(=O)OC(C)(C)C)C(=O)OC(C)(C)C)CCN(C(=O)OCC2CC2)CC1. The van der Waals surface area contributed by atoms with Crippen LogP contribution in [0.3, 0.4) is 0 Å². The molecule has 3 amide bonds. The van der Waals surface area contributed by atoms with E-state index in [1.54, 1.807) is 41.5 Å². The van der Waals surface area contributed by atoms with Crippen LogP contribution in [0, 0.1) is 5.92 Å². The van der Waals surface area contributed by atoms with Crippen LogP contribution in [0.2, 0.25) is 0 Å². The lowest BCUT2D eigenvalue weighted by molar-refractivity contribution is -0.161. The van der Waals surface area contributed by atoms with Gasteiger partial charge < -0.3 is 23.8 Å². The van der Waals surface area contributed by atoms with Crippen molar-refractivity contribution in [1.82, 2.24) is 15.3 Å². The molecule has 0 bridgehead atoms. The lowest BCUT2D eigenvalue weighted by atomic mass is 9.87. The predicted molar refractivity (Wildman–Crippen MR) is 117 cm³/mol. The summed E-state index contributed by atoms with van der Waals surface area (Å²) in [6.07, 6.45) is -0.212. The first-order valence-corrected chi connectivity index (χ1v) is 11.2. The second kappa shape index (κ2) is 10.0. The van der Waals surface area contributed by atoms with Crippen molar-refractivity contribution in [2.45, 2.75) is 84.0 Å². The zero-order valence-electron chi connectivity index (χ0n) is 20.7. The van der Waals surface area contributed by atoms with Gasteiger partial charge in [0.25, 0.3) is 0 Å². The van der Waals surface area contributed by atoms with Gasteiger partial charge in [0.1, 0.15) is 11.2 Å². The Hall–Kier alpha value is -2.72. The van der Waals surface area contributed by atoms with E-state index in [2.05, 4.69) is 5.43 Å². The van der Waals surface area contributed by atoms with Crippen LogP contribution in [-0.2, 0) is 23.7 Å². The standard InChI is InChI=1S/C22H37N3O8/c1-20(2,3)32-17(27)23-25(19(29)33-21(4,5)6)22(16(26)30-7)10-12-24(13-11-22)18(28)31-14-15-8-9-15/h15H,8-14H2,1-7H3,(H,23,27). The summed E-state index contributed by atoms with van der Waals surface area (Å²) in [5, 5.41) is 0.838. The molecule has 2 rings (SSSR count). The number of nitrogens with zero attached hydrogens (tertiary/aromatic N) is 2. The molecule has 1 heterocycles. The van der Waals surface area contributed by atoms with Crippen LogP contribution in [0.4, 0.5) is 14.4 Å². The van der Waals surface area contributed by atoms with Crippen LogP contribution in [0.1, 0.15) is 67.2 Å². The van der Waals surface area contributed by atoms with Crippen LogP contribution in [0.5, 0.6) is 0 Å². The van der Waals surface area contributed by atoms with Crippen molar-refractivity contribution in [2.24, 2.45) is 5.92 Å². The molecule has 1 saturated carbocycles. The van der Waals surface area contributed by atoms with Crippen molar-refractivity contribution < 1.29 is 38.1 Å². The molecule has 2 fully saturated rings. The predicted octanol–water partition coefficient (Wildman–Crippen LogP) is 3.22. The Morgan fingerprint density at radius 3 is 1.97 bits per heavy atom. The molecule has 1 aliphatic heterocycles. The number of likely N-dealkylation sites (tertiary alicyclic amines) is 1. The number of rotatable bonds is 4. The van der Waals surface area contributed by atoms with Gasteiger partial charge in [-0.1, -0.05) is 0 Å². The fraction of sp³-hybridized carbons (Fsp3) is 0.818. The smallest absolute Gasteiger partial charge is 0.430 e. The van der Waals surface area contributed by atoms with Crippen LogP contribution in [0.15, 0.2) is 0 Å². The van der Waals surface area contributed by atoms with Gasteiger partial charge in [-0.3, -0.25) is 0 Å². The molecule has 0 aromatic heterocycles. The maximum Gasteiger partial charge on any atom is 0.430 e. The van der Waals surface area contributed by atoms with Crippen molar-refractivity contribution in [3.8, 4) is 0 Å². The maximum absolute atomic E-state index is 13.1. The summed E-state index contributed by atoms with van der Waals surface area (Å²) in [4.78, 5) is 52.5. The molecule has 0 spiro atoms. The third kappa shape index (κ3) is 7.68. The number of piperidine rings is 1. The minimum Gasteiger partial charge on any atom is -0.467 e. The highest BCUT2D eigenvalue weighted by Gasteiger charge is 2.53. The van der Waals surface area contributed by atoms with Gasteiger partial charge in [-0.05, 0) is 60.3 Å². The van der Waals surface area contributed by atoms with E-state index in [4.69, 9.17) is 18.9 Å². The lowest BCUT2D eigenvalue weighted by Gasteiger charge is -2.45. The van der Waals surface area contributed by atoms with E-state index in [0.717, 1.165) is 17.9 Å². The van der Waals surface area contributed by atoms with Crippen LogP contribution < -0.4 is 5.43 Å². The van der Waals surface area contributed by atoms with E-state index in [1.165, 1.54) is 12.0 Å². The first-order chi connectivity index (χ1) is 15.2. The molecule has 1 saturated heterocycles. The highest BCUT2D eigenvalue weighted by Crippen LogP contribution is 2.32. The molecule has 188 valence electrons. The molecule has 0 aromatic carbocycles. The van der Waals surface area contributed by atoms with Gasteiger partial charge in [0.15, 0.2) is 5.54 Å². The lowest BCUT2D eigenvalue weighted by Crippen LogP contribution is -2.68. The van der Waals surface area contributed by atoms with Crippen molar-refractivity contribution >= 4 is 24.2 Å². The fourth-order valence-corrected chi connectivity index (χ4v) is 3.36. The highest BCUT2D eigenvalue weighted by molar-refractivity contribution is 5.87. The van der Waals surface area contributed by atoms with E-state index >= 15 is 0 Å². The average Bonchev–Trinajstić information content (AvgIpc) is 3.51. The molecule has 0 atom stereocenters. The number of hydrogen-bond donors (Lipinski definition) is 1. The average molecular weight is 472 g/mol. The Kier molecular flexibility index (Phi) is 8.08. The molecule has 0 unspecified atom stereocenters. The van der Waals surface area contributed by atoms with Crippen molar-refractivity contribution in [3.63, 3.8) is 0 Å². The molecule has 1 N–H and O–H groups in total. The van der Waals surface area contributed by atoms with Gasteiger partial charge >= 0.3 is 24.2 Å². The topological polar surface area (TPSA) is 124 Å². The second-order valence-electron chi connectivity index (χ2n) is 10.5. The minimum atomic E-state index is -1.60. The summed E-state index contributed by atoms with van der Waals surface area (Å²) >= 11 is 0. The Bertz CT molecular complexity index is 744. The van der Waals surface area contributed by atoms with E-state index < -0.39 is 41.0 Å². The summed E-state index contributed by atoms with van der Waals surface area (Å²) in [5.41, 5.74) is -0.950. The molecule has 0 aromatic rings. The molecule has 1 aliphatic carbocycles. The fourth-order valence-electron chi connectivity index (χ4n) is 3.36. The van der Waals surface area contributed by atoms with Crippen LogP contribution in [-0.4, -0.2) is 77.7 Å². The van der Waals surface area contributed by atoms with Crippen molar-refractivity contribution in [2.75, 3.05) is 26.8 Å². The Morgan fingerprint density at radius 1 is 0.970 bits per heavy atom. The number of ether oxygens (including phenoxy) is 4. The number of hydrazine groups is 1. The van der Waals surface area contributed by atoms with Crippen LogP contribution in [0.25, 0.3) is 0 Å². The summed E-state index contributed by atoms with van der Waals surface area (Å²) in [6.45, 7) is 10.6. The number of methoxy groups -OCH3 is 1. The molecule has 11 heteroatoms.